The minimum atomic E-state index is 0.216. The minimum absolute atomic E-state index is 0.216. The van der Waals surface area contributed by atoms with Crippen molar-refractivity contribution in [1.29, 1.82) is 0 Å². The highest BCUT2D eigenvalue weighted by molar-refractivity contribution is 6.01. The molecule has 1 saturated heterocycles. The van der Waals surface area contributed by atoms with Gasteiger partial charge in [-0.2, -0.15) is 0 Å². The third-order valence-electron chi connectivity index (χ3n) is 2.63. The van der Waals surface area contributed by atoms with Crippen LogP contribution in [0.15, 0.2) is 28.9 Å². The summed E-state index contributed by atoms with van der Waals surface area (Å²) in [4.78, 5) is 6.72. The monoisotopic (exact) mass is 208 g/mol. The molecule has 1 N–H and O–H groups in total. The van der Waals surface area contributed by atoms with Gasteiger partial charge in [0.2, 0.25) is 0 Å². The molecule has 3 heteroatoms. The average molecular weight is 208 g/mol. The topological polar surface area (TPSA) is 35.8 Å². The van der Waals surface area contributed by atoms with Crippen LogP contribution in [0.3, 0.4) is 0 Å². The van der Waals surface area contributed by atoms with Gasteiger partial charge in [0, 0.05) is 37.5 Å². The normalized spacial score (nSPS) is 22.5. The largest absolute Gasteiger partial charge is 0.395 e. The van der Waals surface area contributed by atoms with Crippen LogP contribution in [0.2, 0.25) is 0 Å². The lowest BCUT2D eigenvalue weighted by Crippen LogP contribution is -2.37. The molecule has 0 radical (unpaired) electrons. The van der Waals surface area contributed by atoms with Gasteiger partial charge in [-0.05, 0) is 19.4 Å². The second-order valence-electron chi connectivity index (χ2n) is 3.84. The van der Waals surface area contributed by atoms with Gasteiger partial charge in [0.1, 0.15) is 0 Å². The first kappa shape index (κ1) is 12.1. The highest BCUT2D eigenvalue weighted by atomic mass is 16.3. The smallest absolute Gasteiger partial charge is 0.0558 e. The van der Waals surface area contributed by atoms with Crippen molar-refractivity contribution < 1.29 is 5.11 Å². The molecule has 3 nitrogen and oxygen atoms in total. The summed E-state index contributed by atoms with van der Waals surface area (Å²) in [5, 5.41) is 8.84. The van der Waals surface area contributed by atoms with E-state index in [1.165, 1.54) is 0 Å². The van der Waals surface area contributed by atoms with Crippen molar-refractivity contribution in [1.82, 2.24) is 4.90 Å². The number of rotatable bonds is 3. The molecule has 1 fully saturated rings. The first-order valence-corrected chi connectivity index (χ1v) is 5.39. The summed E-state index contributed by atoms with van der Waals surface area (Å²) in [6.07, 6.45) is 2.93. The average Bonchev–Trinajstić information content (AvgIpc) is 2.22. The summed E-state index contributed by atoms with van der Waals surface area (Å²) in [5.41, 5.74) is 3.23. The van der Waals surface area contributed by atoms with Crippen LogP contribution in [-0.2, 0) is 0 Å². The molecule has 1 heterocycles. The number of aliphatic hydroxyl groups is 1. The molecule has 0 aromatic carbocycles. The summed E-state index contributed by atoms with van der Waals surface area (Å²) in [5.74, 6) is 0. The van der Waals surface area contributed by atoms with Gasteiger partial charge < -0.3 is 5.11 Å². The van der Waals surface area contributed by atoms with E-state index in [4.69, 9.17) is 5.11 Å². The van der Waals surface area contributed by atoms with Gasteiger partial charge in [0.25, 0.3) is 0 Å². The minimum Gasteiger partial charge on any atom is -0.395 e. The van der Waals surface area contributed by atoms with Gasteiger partial charge in [0.15, 0.2) is 0 Å². The van der Waals surface area contributed by atoms with Gasteiger partial charge in [-0.15, -0.1) is 0 Å². The lowest BCUT2D eigenvalue weighted by atomic mass is 10.0. The fourth-order valence-corrected chi connectivity index (χ4v) is 1.63. The maximum atomic E-state index is 8.84. The zero-order chi connectivity index (χ0) is 11.3. The molecule has 0 amide bonds. The van der Waals surface area contributed by atoms with Crippen molar-refractivity contribution in [3.63, 3.8) is 0 Å². The molecule has 0 spiro atoms. The summed E-state index contributed by atoms with van der Waals surface area (Å²) >= 11 is 0. The predicted molar refractivity (Wildman–Crippen MR) is 64.1 cm³/mol. The first-order valence-electron chi connectivity index (χ1n) is 5.39. The second kappa shape index (κ2) is 5.83. The van der Waals surface area contributed by atoms with Crippen molar-refractivity contribution >= 4 is 5.71 Å². The molecule has 0 aromatic heterocycles. The van der Waals surface area contributed by atoms with E-state index >= 15 is 0 Å². The number of aliphatic imine (C=N–C) groups is 1. The van der Waals surface area contributed by atoms with Crippen LogP contribution in [0.25, 0.3) is 0 Å². The molecule has 1 rings (SSSR count). The van der Waals surface area contributed by atoms with Gasteiger partial charge in [-0.25, -0.2) is 0 Å². The first-order chi connectivity index (χ1) is 7.17. The lowest BCUT2D eigenvalue weighted by Gasteiger charge is -2.28. The number of likely N-dealkylation sites (tertiary alicyclic amines) is 1. The van der Waals surface area contributed by atoms with Gasteiger partial charge in [-0.1, -0.05) is 12.7 Å². The van der Waals surface area contributed by atoms with Gasteiger partial charge >= 0.3 is 0 Å². The van der Waals surface area contributed by atoms with Crippen LogP contribution in [0, 0.1) is 0 Å². The maximum Gasteiger partial charge on any atom is 0.0558 e. The molecule has 1 aliphatic heterocycles. The highest BCUT2D eigenvalue weighted by Crippen LogP contribution is 2.13. The molecular formula is C12H20N2O. The van der Waals surface area contributed by atoms with Crippen molar-refractivity contribution in [2.24, 2.45) is 4.99 Å². The Morgan fingerprint density at radius 1 is 1.67 bits per heavy atom. The van der Waals surface area contributed by atoms with Crippen molar-refractivity contribution in [2.45, 2.75) is 20.3 Å². The van der Waals surface area contributed by atoms with E-state index in [1.54, 1.807) is 0 Å². The zero-order valence-corrected chi connectivity index (χ0v) is 9.66. The Morgan fingerprint density at radius 2 is 2.40 bits per heavy atom. The van der Waals surface area contributed by atoms with Crippen LogP contribution in [0.5, 0.6) is 0 Å². The van der Waals surface area contributed by atoms with E-state index in [2.05, 4.69) is 16.5 Å². The number of β-amino-alcohol motifs (C(OH)–C–C–N with tert-alkyl or cyclic N) is 1. The summed E-state index contributed by atoms with van der Waals surface area (Å²) in [6, 6.07) is 0. The molecule has 84 valence electrons. The number of allylic oxidation sites excluding steroid dienone is 2. The molecule has 0 aromatic rings. The molecule has 0 atom stereocenters. The van der Waals surface area contributed by atoms with Crippen LogP contribution in [0.4, 0.5) is 0 Å². The van der Waals surface area contributed by atoms with Gasteiger partial charge in [-0.3, -0.25) is 9.89 Å². The Labute approximate surface area is 91.8 Å². The molecule has 15 heavy (non-hydrogen) atoms. The van der Waals surface area contributed by atoms with Crippen LogP contribution >= 0.6 is 0 Å². The molecule has 0 bridgehead atoms. The number of piperidine rings is 1. The Balaban J connectivity index is 2.60. The van der Waals surface area contributed by atoms with E-state index in [1.807, 2.05) is 19.9 Å². The van der Waals surface area contributed by atoms with Crippen molar-refractivity contribution in [3.05, 3.63) is 23.9 Å². The van der Waals surface area contributed by atoms with E-state index in [-0.39, 0.29) is 6.61 Å². The zero-order valence-electron chi connectivity index (χ0n) is 9.66. The van der Waals surface area contributed by atoms with Gasteiger partial charge in [0.05, 0.1) is 6.61 Å². The highest BCUT2D eigenvalue weighted by Gasteiger charge is 2.17. The molecular weight excluding hydrogens is 188 g/mol. The summed E-state index contributed by atoms with van der Waals surface area (Å²) in [6.45, 7) is 10.8. The number of hydrogen-bond acceptors (Lipinski definition) is 3. The third-order valence-corrected chi connectivity index (χ3v) is 2.63. The number of aliphatic hydroxyl groups excluding tert-OH is 1. The van der Waals surface area contributed by atoms with E-state index in [0.717, 1.165) is 43.0 Å². The Morgan fingerprint density at radius 3 is 2.93 bits per heavy atom. The molecule has 0 unspecified atom stereocenters. The Bertz CT molecular complexity index is 292. The quantitative estimate of drug-likeness (QED) is 0.764. The lowest BCUT2D eigenvalue weighted by molar-refractivity contribution is 0.206. The molecule has 0 saturated carbocycles. The van der Waals surface area contributed by atoms with Crippen molar-refractivity contribution in [2.75, 3.05) is 26.2 Å². The van der Waals surface area contributed by atoms with E-state index < -0.39 is 0 Å². The Kier molecular flexibility index (Phi) is 4.72. The third kappa shape index (κ3) is 3.61. The molecule has 0 aliphatic carbocycles. The van der Waals surface area contributed by atoms with E-state index in [9.17, 15) is 0 Å². The maximum absolute atomic E-state index is 8.84. The van der Waals surface area contributed by atoms with Crippen LogP contribution < -0.4 is 0 Å². The second-order valence-corrected chi connectivity index (χ2v) is 3.84. The SMILES string of the molecule is C=C1CN(CCO)CC/C1=N/C(C)=C\C. The summed E-state index contributed by atoms with van der Waals surface area (Å²) < 4.78 is 0. The van der Waals surface area contributed by atoms with Crippen LogP contribution in [0.1, 0.15) is 20.3 Å². The van der Waals surface area contributed by atoms with E-state index in [0.29, 0.717) is 0 Å². The summed E-state index contributed by atoms with van der Waals surface area (Å²) in [7, 11) is 0. The standard InChI is InChI=1S/C12H20N2O/c1-4-11(3)13-12-5-6-14(7-8-15)9-10(12)2/h4,15H,2,5-9H2,1,3H3/b11-4-,13-12-. The molecule has 1 aliphatic rings. The number of hydrogen-bond donors (Lipinski definition) is 1. The Hall–Kier alpha value is -0.930. The fraction of sp³-hybridized carbons (Fsp3) is 0.583. The fourth-order valence-electron chi connectivity index (χ4n) is 1.63. The van der Waals surface area contributed by atoms with Crippen molar-refractivity contribution in [3.8, 4) is 0 Å². The number of nitrogens with zero attached hydrogens (tertiary/aromatic N) is 2. The predicted octanol–water partition coefficient (Wildman–Crippen LogP) is 1.61. The van der Waals surface area contributed by atoms with Crippen LogP contribution in [-0.4, -0.2) is 42.0 Å².